The van der Waals surface area contributed by atoms with Gasteiger partial charge in [-0.15, -0.1) is 11.6 Å². The van der Waals surface area contributed by atoms with Gasteiger partial charge in [0, 0.05) is 16.9 Å². The molecule has 0 aromatic heterocycles. The molecule has 0 spiro atoms. The molecule has 1 rings (SSSR count). The number of amides is 1. The van der Waals surface area contributed by atoms with Gasteiger partial charge in [0.15, 0.2) is 0 Å². The molecule has 0 aliphatic carbocycles. The average molecular weight is 288 g/mol. The molecule has 1 N–H and O–H groups in total. The van der Waals surface area contributed by atoms with Crippen molar-refractivity contribution >= 4 is 29.1 Å². The van der Waals surface area contributed by atoms with Crippen molar-refractivity contribution in [2.75, 3.05) is 5.88 Å². The molecule has 0 saturated carbocycles. The summed E-state index contributed by atoms with van der Waals surface area (Å²) in [5.41, 5.74) is 0.963. The zero-order valence-electron chi connectivity index (χ0n) is 10.7. The van der Waals surface area contributed by atoms with Crippen LogP contribution in [0.25, 0.3) is 0 Å². The van der Waals surface area contributed by atoms with E-state index >= 15 is 0 Å². The first-order valence-corrected chi connectivity index (χ1v) is 7.04. The van der Waals surface area contributed by atoms with Gasteiger partial charge in [-0.2, -0.15) is 0 Å². The third kappa shape index (κ3) is 5.28. The van der Waals surface area contributed by atoms with Crippen LogP contribution in [-0.4, -0.2) is 17.8 Å². The highest BCUT2D eigenvalue weighted by Crippen LogP contribution is 2.11. The summed E-state index contributed by atoms with van der Waals surface area (Å²) in [6.45, 7) is 4.17. The van der Waals surface area contributed by atoms with Crippen LogP contribution in [0.15, 0.2) is 24.3 Å². The molecule has 1 amide bonds. The minimum Gasteiger partial charge on any atom is -0.353 e. The largest absolute Gasteiger partial charge is 0.353 e. The molecule has 0 radical (unpaired) electrons. The van der Waals surface area contributed by atoms with Gasteiger partial charge >= 0.3 is 0 Å². The van der Waals surface area contributed by atoms with Gasteiger partial charge in [0.2, 0.25) is 5.91 Å². The van der Waals surface area contributed by atoms with Crippen LogP contribution in [0.1, 0.15) is 25.8 Å². The van der Waals surface area contributed by atoms with Gasteiger partial charge in [-0.1, -0.05) is 37.6 Å². The quantitative estimate of drug-likeness (QED) is 0.795. The van der Waals surface area contributed by atoms with Gasteiger partial charge in [0.1, 0.15) is 0 Å². The second-order valence-electron chi connectivity index (χ2n) is 4.70. The van der Waals surface area contributed by atoms with Gasteiger partial charge in [-0.3, -0.25) is 4.79 Å². The van der Waals surface area contributed by atoms with Crippen LogP contribution < -0.4 is 5.32 Å². The maximum absolute atomic E-state index is 11.9. The number of hydrogen-bond donors (Lipinski definition) is 1. The van der Waals surface area contributed by atoms with E-state index in [-0.39, 0.29) is 11.9 Å². The van der Waals surface area contributed by atoms with Crippen molar-refractivity contribution in [3.8, 4) is 0 Å². The molecule has 2 nitrogen and oxygen atoms in total. The molecule has 1 atom stereocenters. The number of hydrogen-bond acceptors (Lipinski definition) is 1. The molecule has 4 heteroatoms. The highest BCUT2D eigenvalue weighted by Gasteiger charge is 2.15. The zero-order valence-corrected chi connectivity index (χ0v) is 12.3. The van der Waals surface area contributed by atoms with E-state index in [1.165, 1.54) is 0 Å². The molecular weight excluding hydrogens is 269 g/mol. The summed E-state index contributed by atoms with van der Waals surface area (Å²) in [6.07, 6.45) is 1.17. The SMILES string of the molecule is CC(C)C(CCCl)NC(=O)Cc1ccc(Cl)cc1. The predicted molar refractivity (Wildman–Crippen MR) is 77.3 cm³/mol. The first kappa shape index (κ1) is 15.3. The van der Waals surface area contributed by atoms with Gasteiger partial charge in [0.05, 0.1) is 6.42 Å². The summed E-state index contributed by atoms with van der Waals surface area (Å²) in [4.78, 5) is 11.9. The zero-order chi connectivity index (χ0) is 13.5. The number of nitrogens with one attached hydrogen (secondary N) is 1. The van der Waals surface area contributed by atoms with Crippen molar-refractivity contribution in [3.63, 3.8) is 0 Å². The Balaban J connectivity index is 2.52. The molecule has 0 bridgehead atoms. The van der Waals surface area contributed by atoms with E-state index in [1.807, 2.05) is 12.1 Å². The van der Waals surface area contributed by atoms with Crippen LogP contribution in [-0.2, 0) is 11.2 Å². The van der Waals surface area contributed by atoms with E-state index in [0.717, 1.165) is 12.0 Å². The van der Waals surface area contributed by atoms with Crippen molar-refractivity contribution < 1.29 is 4.79 Å². The fourth-order valence-electron chi connectivity index (χ4n) is 1.74. The summed E-state index contributed by atoms with van der Waals surface area (Å²) in [6, 6.07) is 7.47. The number of alkyl halides is 1. The Hall–Kier alpha value is -0.730. The molecule has 0 fully saturated rings. The van der Waals surface area contributed by atoms with Crippen molar-refractivity contribution in [3.05, 3.63) is 34.9 Å². The monoisotopic (exact) mass is 287 g/mol. The third-order valence-corrected chi connectivity index (χ3v) is 3.32. The normalized spacial score (nSPS) is 12.5. The Labute approximate surface area is 119 Å². The van der Waals surface area contributed by atoms with Crippen LogP contribution in [0.5, 0.6) is 0 Å². The van der Waals surface area contributed by atoms with E-state index in [0.29, 0.717) is 23.2 Å². The molecule has 0 aliphatic rings. The molecule has 0 heterocycles. The number of rotatable bonds is 6. The molecule has 0 saturated heterocycles. The van der Waals surface area contributed by atoms with E-state index in [1.54, 1.807) is 12.1 Å². The first-order chi connectivity index (χ1) is 8.52. The van der Waals surface area contributed by atoms with E-state index in [4.69, 9.17) is 23.2 Å². The standard InChI is InChI=1S/C14H19Cl2NO/c1-10(2)13(7-8-15)17-14(18)9-11-3-5-12(16)6-4-11/h3-6,10,13H,7-9H2,1-2H3,(H,17,18). The maximum atomic E-state index is 11.9. The van der Waals surface area contributed by atoms with Crippen LogP contribution in [0.3, 0.4) is 0 Å². The van der Waals surface area contributed by atoms with Gasteiger partial charge in [-0.25, -0.2) is 0 Å². The Morgan fingerprint density at radius 3 is 2.39 bits per heavy atom. The number of halogens is 2. The van der Waals surface area contributed by atoms with Crippen molar-refractivity contribution in [2.24, 2.45) is 5.92 Å². The lowest BCUT2D eigenvalue weighted by Gasteiger charge is -2.21. The Kier molecular flexibility index (Phi) is 6.51. The van der Waals surface area contributed by atoms with Crippen LogP contribution >= 0.6 is 23.2 Å². The molecule has 1 aromatic carbocycles. The van der Waals surface area contributed by atoms with E-state index in [2.05, 4.69) is 19.2 Å². The highest BCUT2D eigenvalue weighted by atomic mass is 35.5. The minimum absolute atomic E-state index is 0.0288. The Morgan fingerprint density at radius 1 is 1.28 bits per heavy atom. The van der Waals surface area contributed by atoms with Crippen molar-refractivity contribution in [1.82, 2.24) is 5.32 Å². The topological polar surface area (TPSA) is 29.1 Å². The molecule has 100 valence electrons. The fraction of sp³-hybridized carbons (Fsp3) is 0.500. The predicted octanol–water partition coefficient (Wildman–Crippen LogP) is 3.65. The average Bonchev–Trinajstić information content (AvgIpc) is 2.31. The smallest absolute Gasteiger partial charge is 0.224 e. The van der Waals surface area contributed by atoms with Crippen LogP contribution in [0.4, 0.5) is 0 Å². The highest BCUT2D eigenvalue weighted by molar-refractivity contribution is 6.30. The van der Waals surface area contributed by atoms with E-state index < -0.39 is 0 Å². The van der Waals surface area contributed by atoms with Gasteiger partial charge < -0.3 is 5.32 Å². The van der Waals surface area contributed by atoms with Crippen molar-refractivity contribution in [2.45, 2.75) is 32.7 Å². The lowest BCUT2D eigenvalue weighted by Crippen LogP contribution is -2.39. The van der Waals surface area contributed by atoms with Crippen molar-refractivity contribution in [1.29, 1.82) is 0 Å². The molecule has 1 unspecified atom stereocenters. The van der Waals surface area contributed by atoms with E-state index in [9.17, 15) is 4.79 Å². The summed E-state index contributed by atoms with van der Waals surface area (Å²) >= 11 is 11.5. The van der Waals surface area contributed by atoms with Gasteiger partial charge in [-0.05, 0) is 30.0 Å². The molecular formula is C14H19Cl2NO. The van der Waals surface area contributed by atoms with Crippen LogP contribution in [0.2, 0.25) is 5.02 Å². The first-order valence-electron chi connectivity index (χ1n) is 6.12. The molecule has 1 aromatic rings. The summed E-state index contributed by atoms with van der Waals surface area (Å²) in [5.74, 6) is 0.975. The number of carbonyl (C=O) groups is 1. The number of benzene rings is 1. The molecule has 18 heavy (non-hydrogen) atoms. The second kappa shape index (κ2) is 7.65. The summed E-state index contributed by atoms with van der Waals surface area (Å²) < 4.78 is 0. The molecule has 0 aliphatic heterocycles. The Morgan fingerprint density at radius 2 is 1.89 bits per heavy atom. The lowest BCUT2D eigenvalue weighted by molar-refractivity contribution is -0.121. The summed E-state index contributed by atoms with van der Waals surface area (Å²) in [7, 11) is 0. The minimum atomic E-state index is 0.0288. The lowest BCUT2D eigenvalue weighted by atomic mass is 10.0. The summed E-state index contributed by atoms with van der Waals surface area (Å²) in [5, 5.41) is 3.71. The number of carbonyl (C=O) groups excluding carboxylic acids is 1. The maximum Gasteiger partial charge on any atom is 0.224 e. The Bertz CT molecular complexity index is 376. The van der Waals surface area contributed by atoms with Gasteiger partial charge in [0.25, 0.3) is 0 Å². The second-order valence-corrected chi connectivity index (χ2v) is 5.51. The fourth-order valence-corrected chi connectivity index (χ4v) is 2.10. The third-order valence-electron chi connectivity index (χ3n) is 2.85. The van der Waals surface area contributed by atoms with Crippen LogP contribution in [0, 0.1) is 5.92 Å².